The number of hydrogen-bond donors (Lipinski definition) is 1. The summed E-state index contributed by atoms with van der Waals surface area (Å²) in [6.45, 7) is 2.31. The van der Waals surface area contributed by atoms with E-state index in [1.165, 1.54) is 0 Å². The normalized spacial score (nSPS) is 11.3. The third kappa shape index (κ3) is 5.73. The Morgan fingerprint density at radius 1 is 1.00 bits per heavy atom. The van der Waals surface area contributed by atoms with Crippen LogP contribution in [0.5, 0.6) is 5.75 Å². The van der Waals surface area contributed by atoms with E-state index >= 15 is 0 Å². The molecule has 0 radical (unpaired) electrons. The van der Waals surface area contributed by atoms with Crippen LogP contribution in [0, 0.1) is 0 Å². The number of carbonyl (C=O) groups excluding carboxylic acids is 1. The topological polar surface area (TPSA) is 75.7 Å². The second-order valence-electron chi connectivity index (χ2n) is 7.00. The van der Waals surface area contributed by atoms with E-state index in [2.05, 4.69) is 5.32 Å². The molecular weight excluding hydrogens is 400 g/mol. The average molecular weight is 427 g/mol. The molecule has 0 atom stereocenters. The molecule has 3 rings (SSSR count). The minimum atomic E-state index is -3.59. The first-order valence-corrected chi connectivity index (χ1v) is 11.7. The van der Waals surface area contributed by atoms with Crippen molar-refractivity contribution >= 4 is 32.4 Å². The van der Waals surface area contributed by atoms with E-state index in [0.29, 0.717) is 5.69 Å². The van der Waals surface area contributed by atoms with E-state index in [-0.39, 0.29) is 25.6 Å². The number of aryl methyl sites for hydroxylation is 1. The van der Waals surface area contributed by atoms with E-state index in [0.717, 1.165) is 39.1 Å². The van der Waals surface area contributed by atoms with Crippen LogP contribution in [0.4, 0.5) is 5.69 Å². The number of fused-ring (bicyclic) bond motifs is 1. The number of nitrogens with one attached hydrogen (secondary N) is 1. The molecule has 0 fully saturated rings. The lowest BCUT2D eigenvalue weighted by atomic mass is 10.1. The number of sulfonamides is 1. The summed E-state index contributed by atoms with van der Waals surface area (Å²) in [4.78, 5) is 12.3. The van der Waals surface area contributed by atoms with Crippen molar-refractivity contribution in [2.24, 2.45) is 0 Å². The third-order valence-corrected chi connectivity index (χ3v) is 5.87. The quantitative estimate of drug-likeness (QED) is 0.533. The first kappa shape index (κ1) is 21.6. The molecule has 6 nitrogen and oxygen atoms in total. The fourth-order valence-corrected chi connectivity index (χ4v) is 3.96. The molecular formula is C23H26N2O4S. The van der Waals surface area contributed by atoms with Crippen molar-refractivity contribution in [3.05, 3.63) is 72.3 Å². The molecule has 0 aromatic heterocycles. The fourth-order valence-electron chi connectivity index (χ4n) is 3.10. The summed E-state index contributed by atoms with van der Waals surface area (Å²) in [5.41, 5.74) is 1.57. The lowest BCUT2D eigenvalue weighted by Crippen LogP contribution is -2.41. The van der Waals surface area contributed by atoms with Gasteiger partial charge in [-0.2, -0.15) is 0 Å². The molecule has 3 aromatic rings. The number of hydrogen-bond acceptors (Lipinski definition) is 4. The predicted octanol–water partition coefficient (Wildman–Crippen LogP) is 3.36. The molecule has 0 bridgehead atoms. The van der Waals surface area contributed by atoms with Gasteiger partial charge < -0.3 is 10.1 Å². The van der Waals surface area contributed by atoms with Gasteiger partial charge in [0, 0.05) is 0 Å². The van der Waals surface area contributed by atoms with Crippen LogP contribution in [0.15, 0.2) is 66.7 Å². The Kier molecular flexibility index (Phi) is 6.95. The summed E-state index contributed by atoms with van der Waals surface area (Å²) in [5.74, 6) is 0.332. The van der Waals surface area contributed by atoms with E-state index in [9.17, 15) is 13.2 Å². The summed E-state index contributed by atoms with van der Waals surface area (Å²) >= 11 is 0. The van der Waals surface area contributed by atoms with E-state index < -0.39 is 10.0 Å². The highest BCUT2D eigenvalue weighted by atomic mass is 32.2. The molecule has 0 spiro atoms. The van der Waals surface area contributed by atoms with Gasteiger partial charge in [0.25, 0.3) is 0 Å². The molecule has 3 aromatic carbocycles. The summed E-state index contributed by atoms with van der Waals surface area (Å²) in [5, 5.41) is 4.93. The Labute approximate surface area is 177 Å². The van der Waals surface area contributed by atoms with Crippen LogP contribution >= 0.6 is 0 Å². The monoisotopic (exact) mass is 426 g/mol. The van der Waals surface area contributed by atoms with Gasteiger partial charge in [0.1, 0.15) is 18.9 Å². The zero-order valence-corrected chi connectivity index (χ0v) is 18.0. The summed E-state index contributed by atoms with van der Waals surface area (Å²) < 4.78 is 31.1. The van der Waals surface area contributed by atoms with Crippen molar-refractivity contribution in [2.45, 2.75) is 13.3 Å². The average Bonchev–Trinajstić information content (AvgIpc) is 2.74. The summed E-state index contributed by atoms with van der Waals surface area (Å²) in [6.07, 6.45) is 1.95. The first-order valence-electron chi connectivity index (χ1n) is 9.82. The zero-order valence-electron chi connectivity index (χ0n) is 17.2. The summed E-state index contributed by atoms with van der Waals surface area (Å²) in [7, 11) is -3.59. The van der Waals surface area contributed by atoms with Gasteiger partial charge in [-0.15, -0.1) is 0 Å². The number of nitrogens with zero attached hydrogens (tertiary/aromatic N) is 1. The minimum absolute atomic E-state index is 0.276. The zero-order chi connectivity index (χ0) is 21.6. The smallest absolute Gasteiger partial charge is 0.240 e. The van der Waals surface area contributed by atoms with Gasteiger partial charge in [-0.05, 0) is 47.0 Å². The maximum atomic E-state index is 12.3. The molecule has 0 saturated carbocycles. The lowest BCUT2D eigenvalue weighted by molar-refractivity contribution is -0.119. The van der Waals surface area contributed by atoms with E-state index in [4.69, 9.17) is 4.74 Å². The molecule has 0 aliphatic carbocycles. The molecule has 158 valence electrons. The maximum Gasteiger partial charge on any atom is 0.240 e. The van der Waals surface area contributed by atoms with Gasteiger partial charge in [0.2, 0.25) is 15.9 Å². The van der Waals surface area contributed by atoms with Crippen molar-refractivity contribution in [1.29, 1.82) is 0 Å². The van der Waals surface area contributed by atoms with Crippen LogP contribution in [0.1, 0.15) is 12.5 Å². The Morgan fingerprint density at radius 3 is 2.37 bits per heavy atom. The molecule has 30 heavy (non-hydrogen) atoms. The standard InChI is InChI=1S/C23H26N2O4S/c1-3-18-8-11-21(12-9-18)25(30(2,27)28)17-23(26)24-14-15-29-22-13-10-19-6-4-5-7-20(19)16-22/h4-13,16H,3,14-15,17H2,1-2H3,(H,24,26). The van der Waals surface area contributed by atoms with Crippen molar-refractivity contribution < 1.29 is 17.9 Å². The van der Waals surface area contributed by atoms with E-state index in [1.807, 2.05) is 61.5 Å². The van der Waals surface area contributed by atoms with Crippen LogP contribution in [0.2, 0.25) is 0 Å². The number of ether oxygens (including phenoxy) is 1. The van der Waals surface area contributed by atoms with Crippen LogP contribution in [0.25, 0.3) is 10.8 Å². The highest BCUT2D eigenvalue weighted by Crippen LogP contribution is 2.20. The maximum absolute atomic E-state index is 12.3. The SMILES string of the molecule is CCc1ccc(N(CC(=O)NCCOc2ccc3ccccc3c2)S(C)(=O)=O)cc1. The highest BCUT2D eigenvalue weighted by Gasteiger charge is 2.20. The molecule has 0 saturated heterocycles. The molecule has 0 unspecified atom stereocenters. The van der Waals surface area contributed by atoms with Crippen molar-refractivity contribution in [3.8, 4) is 5.75 Å². The molecule has 1 amide bonds. The predicted molar refractivity (Wildman–Crippen MR) is 120 cm³/mol. The largest absolute Gasteiger partial charge is 0.492 e. The van der Waals surface area contributed by atoms with Gasteiger partial charge >= 0.3 is 0 Å². The van der Waals surface area contributed by atoms with Crippen LogP contribution in [0.3, 0.4) is 0 Å². The van der Waals surface area contributed by atoms with Gasteiger partial charge in [-0.1, -0.05) is 49.4 Å². The number of anilines is 1. The first-order chi connectivity index (χ1) is 14.4. The fraction of sp³-hybridized carbons (Fsp3) is 0.261. The highest BCUT2D eigenvalue weighted by molar-refractivity contribution is 7.92. The second-order valence-corrected chi connectivity index (χ2v) is 8.90. The van der Waals surface area contributed by atoms with Gasteiger partial charge in [0.15, 0.2) is 0 Å². The molecule has 7 heteroatoms. The molecule has 0 heterocycles. The Bertz CT molecular complexity index is 1110. The van der Waals surface area contributed by atoms with Crippen LogP contribution in [-0.4, -0.2) is 40.3 Å². The number of benzene rings is 3. The molecule has 0 aliphatic rings. The second kappa shape index (κ2) is 9.63. The number of rotatable bonds is 9. The minimum Gasteiger partial charge on any atom is -0.492 e. The van der Waals surface area contributed by atoms with E-state index in [1.54, 1.807) is 12.1 Å². The molecule has 0 aliphatic heterocycles. The van der Waals surface area contributed by atoms with Crippen LogP contribution in [-0.2, 0) is 21.2 Å². The van der Waals surface area contributed by atoms with Gasteiger partial charge in [0.05, 0.1) is 18.5 Å². The Balaban J connectivity index is 1.53. The number of amides is 1. The van der Waals surface area contributed by atoms with Crippen LogP contribution < -0.4 is 14.4 Å². The van der Waals surface area contributed by atoms with Gasteiger partial charge in [-0.3, -0.25) is 9.10 Å². The summed E-state index contributed by atoms with van der Waals surface area (Å²) in [6, 6.07) is 21.0. The van der Waals surface area contributed by atoms with Crippen molar-refractivity contribution in [2.75, 3.05) is 30.3 Å². The molecule has 1 N–H and O–H groups in total. The Hall–Kier alpha value is -3.06. The number of carbonyl (C=O) groups is 1. The van der Waals surface area contributed by atoms with Gasteiger partial charge in [-0.25, -0.2) is 8.42 Å². The van der Waals surface area contributed by atoms with Crippen molar-refractivity contribution in [1.82, 2.24) is 5.32 Å². The van der Waals surface area contributed by atoms with Crippen molar-refractivity contribution in [3.63, 3.8) is 0 Å². The third-order valence-electron chi connectivity index (χ3n) is 4.73. The Morgan fingerprint density at radius 2 is 1.70 bits per heavy atom. The lowest BCUT2D eigenvalue weighted by Gasteiger charge is -2.22.